The molecule has 1 aliphatic rings. The Bertz CT molecular complexity index is 338. The van der Waals surface area contributed by atoms with Crippen molar-refractivity contribution in [3.63, 3.8) is 0 Å². The molecule has 7 nitrogen and oxygen atoms in total. The number of carbonyl (C=O) groups is 2. The number of nitrogens with zero attached hydrogens (tertiary/aromatic N) is 4. The minimum Gasteiger partial charge on any atom is -0.481 e. The van der Waals surface area contributed by atoms with Gasteiger partial charge >= 0.3 is 5.97 Å². The maximum atomic E-state index is 11.7. The number of carbonyl (C=O) groups excluding carboxylic acids is 1. The van der Waals surface area contributed by atoms with Gasteiger partial charge in [-0.15, -0.1) is 0 Å². The van der Waals surface area contributed by atoms with Crippen LogP contribution in [0.15, 0.2) is 5.11 Å². The third-order valence-electron chi connectivity index (χ3n) is 2.82. The maximum Gasteiger partial charge on any atom is 0.303 e. The smallest absolute Gasteiger partial charge is 0.303 e. The predicted octanol–water partition coefficient (Wildman–Crippen LogP) is 1.40. The lowest BCUT2D eigenvalue weighted by atomic mass is 10.1. The van der Waals surface area contributed by atoms with Crippen LogP contribution in [0.4, 0.5) is 0 Å². The Morgan fingerprint density at radius 2 is 2.24 bits per heavy atom. The quantitative estimate of drug-likeness (QED) is 0.430. The average Bonchev–Trinajstić information content (AvgIpc) is 2.74. The summed E-state index contributed by atoms with van der Waals surface area (Å²) in [5, 5.41) is 12.0. The topological polar surface area (TPSA) is 106 Å². The molecule has 1 rings (SSSR count). The molecule has 1 atom stereocenters. The zero-order valence-corrected chi connectivity index (χ0v) is 9.58. The van der Waals surface area contributed by atoms with Crippen molar-refractivity contribution in [2.45, 2.75) is 25.7 Å². The van der Waals surface area contributed by atoms with Crippen molar-refractivity contribution in [3.8, 4) is 0 Å². The summed E-state index contributed by atoms with van der Waals surface area (Å²) in [6, 6.07) is 0. The lowest BCUT2D eigenvalue weighted by molar-refractivity contribution is -0.137. The fourth-order valence-electron chi connectivity index (χ4n) is 1.91. The Hall–Kier alpha value is -1.75. The van der Waals surface area contributed by atoms with Crippen molar-refractivity contribution in [2.75, 3.05) is 19.6 Å². The first-order valence-corrected chi connectivity index (χ1v) is 5.64. The molecule has 1 unspecified atom stereocenters. The fourth-order valence-corrected chi connectivity index (χ4v) is 1.91. The number of hydrogen-bond acceptors (Lipinski definition) is 3. The standard InChI is InChI=1S/C10H16N4O3/c11-13-12-6-8-4-5-14(7-8)9(15)2-1-3-10(16)17/h8H,1-7H2,(H,16,17). The van der Waals surface area contributed by atoms with Crippen LogP contribution < -0.4 is 0 Å². The zero-order chi connectivity index (χ0) is 12.7. The van der Waals surface area contributed by atoms with Crippen molar-refractivity contribution in [1.82, 2.24) is 4.90 Å². The highest BCUT2D eigenvalue weighted by molar-refractivity contribution is 5.77. The first-order valence-electron chi connectivity index (χ1n) is 5.64. The molecule has 0 aliphatic carbocycles. The first-order chi connectivity index (χ1) is 8.13. The van der Waals surface area contributed by atoms with Gasteiger partial charge in [0.15, 0.2) is 0 Å². The van der Waals surface area contributed by atoms with Gasteiger partial charge in [-0.2, -0.15) is 0 Å². The highest BCUT2D eigenvalue weighted by atomic mass is 16.4. The first kappa shape index (κ1) is 13.3. The number of rotatable bonds is 6. The van der Waals surface area contributed by atoms with Crippen LogP contribution in [0.3, 0.4) is 0 Å². The molecule has 94 valence electrons. The normalized spacial score (nSPS) is 18.8. The van der Waals surface area contributed by atoms with E-state index < -0.39 is 5.97 Å². The van der Waals surface area contributed by atoms with Gasteiger partial charge in [0.25, 0.3) is 0 Å². The van der Waals surface area contributed by atoms with Crippen molar-refractivity contribution < 1.29 is 14.7 Å². The van der Waals surface area contributed by atoms with E-state index in [-0.39, 0.29) is 24.7 Å². The third kappa shape index (κ3) is 4.74. The Kier molecular flexibility index (Phi) is 5.29. The summed E-state index contributed by atoms with van der Waals surface area (Å²) in [5.74, 6) is -0.635. The van der Waals surface area contributed by atoms with Crippen LogP contribution in [-0.4, -0.2) is 41.5 Å². The number of amides is 1. The number of carboxylic acids is 1. The molecular formula is C10H16N4O3. The SMILES string of the molecule is [N-]=[N+]=NCC1CCN(C(=O)CCCC(=O)O)C1. The van der Waals surface area contributed by atoms with E-state index in [4.69, 9.17) is 10.6 Å². The highest BCUT2D eigenvalue weighted by Gasteiger charge is 2.25. The van der Waals surface area contributed by atoms with Gasteiger partial charge in [0, 0.05) is 37.4 Å². The number of carboxylic acid groups (broad SMARTS) is 1. The van der Waals surface area contributed by atoms with Gasteiger partial charge < -0.3 is 10.0 Å². The molecule has 0 bridgehead atoms. The van der Waals surface area contributed by atoms with Crippen LogP contribution in [0.25, 0.3) is 10.4 Å². The molecule has 0 aromatic carbocycles. The summed E-state index contributed by atoms with van der Waals surface area (Å²) >= 11 is 0. The van der Waals surface area contributed by atoms with Crippen molar-refractivity contribution in [3.05, 3.63) is 10.4 Å². The fraction of sp³-hybridized carbons (Fsp3) is 0.800. The van der Waals surface area contributed by atoms with Crippen LogP contribution in [-0.2, 0) is 9.59 Å². The highest BCUT2D eigenvalue weighted by Crippen LogP contribution is 2.18. The summed E-state index contributed by atoms with van der Waals surface area (Å²) in [4.78, 5) is 26.4. The van der Waals surface area contributed by atoms with Gasteiger partial charge in [-0.05, 0) is 24.3 Å². The summed E-state index contributed by atoms with van der Waals surface area (Å²) in [7, 11) is 0. The molecule has 1 fully saturated rings. The lowest BCUT2D eigenvalue weighted by Gasteiger charge is -2.15. The maximum absolute atomic E-state index is 11.7. The molecule has 0 radical (unpaired) electrons. The van der Waals surface area contributed by atoms with E-state index in [1.54, 1.807) is 4.90 Å². The van der Waals surface area contributed by atoms with E-state index in [0.717, 1.165) is 6.42 Å². The van der Waals surface area contributed by atoms with Gasteiger partial charge in [-0.3, -0.25) is 9.59 Å². The van der Waals surface area contributed by atoms with Crippen LogP contribution in [0, 0.1) is 5.92 Å². The van der Waals surface area contributed by atoms with E-state index in [9.17, 15) is 9.59 Å². The second kappa shape index (κ2) is 6.75. The third-order valence-corrected chi connectivity index (χ3v) is 2.82. The van der Waals surface area contributed by atoms with Crippen molar-refractivity contribution in [2.24, 2.45) is 11.0 Å². The van der Waals surface area contributed by atoms with Gasteiger partial charge in [0.1, 0.15) is 0 Å². The number of azide groups is 1. The van der Waals surface area contributed by atoms with E-state index in [1.807, 2.05) is 0 Å². The Morgan fingerprint density at radius 3 is 2.88 bits per heavy atom. The van der Waals surface area contributed by atoms with Gasteiger partial charge in [0.05, 0.1) is 0 Å². The zero-order valence-electron chi connectivity index (χ0n) is 9.58. The van der Waals surface area contributed by atoms with E-state index >= 15 is 0 Å². The summed E-state index contributed by atoms with van der Waals surface area (Å²) < 4.78 is 0. The van der Waals surface area contributed by atoms with E-state index in [1.165, 1.54) is 0 Å². The molecule has 17 heavy (non-hydrogen) atoms. The molecule has 0 spiro atoms. The number of likely N-dealkylation sites (tertiary alicyclic amines) is 1. The van der Waals surface area contributed by atoms with Gasteiger partial charge in [-0.1, -0.05) is 5.11 Å². The largest absolute Gasteiger partial charge is 0.481 e. The minimum atomic E-state index is -0.875. The number of aliphatic carboxylic acids is 1. The molecular weight excluding hydrogens is 224 g/mol. The average molecular weight is 240 g/mol. The lowest BCUT2D eigenvalue weighted by Crippen LogP contribution is -2.28. The molecule has 0 aromatic rings. The second-order valence-corrected chi connectivity index (χ2v) is 4.16. The van der Waals surface area contributed by atoms with Crippen molar-refractivity contribution >= 4 is 11.9 Å². The Labute approximate surface area is 99.0 Å². The predicted molar refractivity (Wildman–Crippen MR) is 60.2 cm³/mol. The number of hydrogen-bond donors (Lipinski definition) is 1. The second-order valence-electron chi connectivity index (χ2n) is 4.16. The van der Waals surface area contributed by atoms with Crippen LogP contribution in [0.2, 0.25) is 0 Å². The monoisotopic (exact) mass is 240 g/mol. The van der Waals surface area contributed by atoms with Gasteiger partial charge in [-0.25, -0.2) is 0 Å². The molecule has 0 saturated carbocycles. The minimum absolute atomic E-state index is 0.00492. The van der Waals surface area contributed by atoms with E-state index in [0.29, 0.717) is 26.1 Å². The molecule has 1 N–H and O–H groups in total. The summed E-state index contributed by atoms with van der Waals surface area (Å²) in [6.07, 6.45) is 1.54. The molecule has 1 saturated heterocycles. The Balaban J connectivity index is 2.25. The molecule has 0 aromatic heterocycles. The summed E-state index contributed by atoms with van der Waals surface area (Å²) in [5.41, 5.74) is 8.19. The van der Waals surface area contributed by atoms with Crippen molar-refractivity contribution in [1.29, 1.82) is 0 Å². The molecule has 1 amide bonds. The molecule has 1 heterocycles. The molecule has 1 aliphatic heterocycles. The van der Waals surface area contributed by atoms with Crippen LogP contribution in [0.1, 0.15) is 25.7 Å². The van der Waals surface area contributed by atoms with Crippen LogP contribution in [0.5, 0.6) is 0 Å². The van der Waals surface area contributed by atoms with Crippen LogP contribution >= 0.6 is 0 Å². The Morgan fingerprint density at radius 1 is 1.47 bits per heavy atom. The van der Waals surface area contributed by atoms with E-state index in [2.05, 4.69) is 10.0 Å². The molecule has 7 heteroatoms. The van der Waals surface area contributed by atoms with Gasteiger partial charge in [0.2, 0.25) is 5.91 Å². The summed E-state index contributed by atoms with van der Waals surface area (Å²) in [6.45, 7) is 1.72.